The molecule has 0 amide bonds. The van der Waals surface area contributed by atoms with Crippen LogP contribution in [-0.2, 0) is 9.59 Å². The normalized spacial score (nSPS) is 29.0. The summed E-state index contributed by atoms with van der Waals surface area (Å²) >= 11 is 0. The smallest absolute Gasteiger partial charge is 0.304 e. The predicted molar refractivity (Wildman–Crippen MR) is 113 cm³/mol. The lowest BCUT2D eigenvalue weighted by molar-refractivity contribution is -0.137. The molecule has 182 valence electrons. The van der Waals surface area contributed by atoms with Gasteiger partial charge < -0.3 is 51.7 Å². The molecule has 0 radical (unpaired) electrons. The van der Waals surface area contributed by atoms with Crippen LogP contribution in [0.2, 0.25) is 0 Å². The van der Waals surface area contributed by atoms with Gasteiger partial charge in [-0.2, -0.15) is 0 Å². The lowest BCUT2D eigenvalue weighted by Crippen LogP contribution is -2.74. The Labute approximate surface area is 192 Å². The Kier molecular flexibility index (Phi) is 19.4. The number of aliphatic carboxylic acids is 2. The fraction of sp³-hybridized carbons (Fsp3) is 0.867. The Balaban J connectivity index is -0.00000243. The highest BCUT2D eigenvalue weighted by atomic mass is 35.5. The number of hydrogen-bond donors (Lipinski definition) is 10. The summed E-state index contributed by atoms with van der Waals surface area (Å²) in [6, 6.07) is -3.06. The number of carbonyl (C=O) groups is 2. The Morgan fingerprint density at radius 2 is 1.07 bits per heavy atom. The van der Waals surface area contributed by atoms with Crippen molar-refractivity contribution in [1.29, 1.82) is 0 Å². The van der Waals surface area contributed by atoms with Crippen molar-refractivity contribution >= 4 is 49.2 Å². The third kappa shape index (κ3) is 10.7. The van der Waals surface area contributed by atoms with Gasteiger partial charge in [0, 0.05) is 19.6 Å². The van der Waals surface area contributed by atoms with Gasteiger partial charge in [-0.1, -0.05) is 0 Å². The van der Waals surface area contributed by atoms with E-state index in [9.17, 15) is 30.0 Å². The molecule has 1 saturated carbocycles. The molecule has 1 rings (SSSR count). The van der Waals surface area contributed by atoms with Crippen LogP contribution in [0, 0.1) is 0 Å². The number of rotatable bonds is 12. The predicted octanol–water partition coefficient (Wildman–Crippen LogP) is -3.47. The number of aliphatic hydroxyl groups excluding tert-OH is 5. The van der Waals surface area contributed by atoms with Crippen molar-refractivity contribution in [3.05, 3.63) is 0 Å². The van der Waals surface area contributed by atoms with Crippen LogP contribution in [0.1, 0.15) is 12.8 Å². The molecule has 30 heavy (non-hydrogen) atoms. The summed E-state index contributed by atoms with van der Waals surface area (Å²) in [6.07, 6.45) is -5.65. The fourth-order valence-corrected chi connectivity index (χ4v) is 3.03. The SMILES string of the molecule is Cl.Cl.Cl.O=C(O)CCN[C@@H]1[C@H](O)[C@H](NCCC(=O)O)[C@H](O)[C@H](NCC(O)CO)[C@@H]1O. The van der Waals surface area contributed by atoms with E-state index in [1.54, 1.807) is 0 Å². The summed E-state index contributed by atoms with van der Waals surface area (Å²) < 4.78 is 0. The van der Waals surface area contributed by atoms with Crippen LogP contribution in [0.15, 0.2) is 0 Å². The minimum Gasteiger partial charge on any atom is -0.481 e. The first-order valence-corrected chi connectivity index (χ1v) is 8.65. The first-order chi connectivity index (χ1) is 12.7. The van der Waals surface area contributed by atoms with Gasteiger partial charge in [0.2, 0.25) is 0 Å². The van der Waals surface area contributed by atoms with Crippen molar-refractivity contribution < 1.29 is 45.3 Å². The molecular weight excluding hydrogens is 473 g/mol. The average Bonchev–Trinajstić information content (AvgIpc) is 2.59. The molecule has 1 aliphatic rings. The molecular formula is C15H32Cl3N3O9. The molecule has 0 heterocycles. The van der Waals surface area contributed by atoms with E-state index in [2.05, 4.69) is 16.0 Å². The van der Waals surface area contributed by atoms with E-state index in [1.165, 1.54) is 0 Å². The van der Waals surface area contributed by atoms with Crippen molar-refractivity contribution in [2.75, 3.05) is 26.2 Å². The number of aliphatic hydroxyl groups is 5. The summed E-state index contributed by atoms with van der Waals surface area (Å²) in [5.41, 5.74) is 0. The zero-order chi connectivity index (χ0) is 20.6. The third-order valence-electron chi connectivity index (χ3n) is 4.45. The van der Waals surface area contributed by atoms with E-state index in [0.717, 1.165) is 0 Å². The number of carboxylic acids is 2. The number of halogens is 3. The quantitative estimate of drug-likeness (QED) is 0.125. The molecule has 10 N–H and O–H groups in total. The van der Waals surface area contributed by atoms with Gasteiger partial charge in [0.1, 0.15) is 0 Å². The van der Waals surface area contributed by atoms with Crippen LogP contribution >= 0.6 is 37.2 Å². The van der Waals surface area contributed by atoms with Gasteiger partial charge in [0.25, 0.3) is 0 Å². The van der Waals surface area contributed by atoms with Gasteiger partial charge in [0.05, 0.1) is 62.0 Å². The van der Waals surface area contributed by atoms with Crippen molar-refractivity contribution in [3.8, 4) is 0 Å². The van der Waals surface area contributed by atoms with Crippen LogP contribution in [0.4, 0.5) is 0 Å². The van der Waals surface area contributed by atoms with Crippen molar-refractivity contribution in [2.24, 2.45) is 0 Å². The van der Waals surface area contributed by atoms with Gasteiger partial charge in [-0.25, -0.2) is 0 Å². The maximum Gasteiger partial charge on any atom is 0.304 e. The van der Waals surface area contributed by atoms with E-state index in [1.807, 2.05) is 0 Å². The molecule has 1 aliphatic carbocycles. The topological polar surface area (TPSA) is 212 Å². The van der Waals surface area contributed by atoms with Gasteiger partial charge in [0.15, 0.2) is 0 Å². The van der Waals surface area contributed by atoms with Gasteiger partial charge in [-0.15, -0.1) is 37.2 Å². The molecule has 0 aromatic heterocycles. The van der Waals surface area contributed by atoms with Crippen LogP contribution < -0.4 is 16.0 Å². The molecule has 12 nitrogen and oxygen atoms in total. The van der Waals surface area contributed by atoms with Gasteiger partial charge in [-0.05, 0) is 0 Å². The van der Waals surface area contributed by atoms with Crippen molar-refractivity contribution in [2.45, 2.75) is 55.4 Å². The van der Waals surface area contributed by atoms with E-state index in [0.29, 0.717) is 0 Å². The average molecular weight is 505 g/mol. The van der Waals surface area contributed by atoms with Crippen LogP contribution in [0.3, 0.4) is 0 Å². The summed E-state index contributed by atoms with van der Waals surface area (Å²) in [4.78, 5) is 21.3. The molecule has 0 saturated heterocycles. The molecule has 0 aromatic rings. The molecule has 0 aliphatic heterocycles. The molecule has 0 spiro atoms. The third-order valence-corrected chi connectivity index (χ3v) is 4.45. The Bertz CT molecular complexity index is 462. The van der Waals surface area contributed by atoms with Crippen LogP contribution in [-0.4, -0.2) is 116 Å². The highest BCUT2D eigenvalue weighted by Crippen LogP contribution is 2.22. The summed E-state index contributed by atoms with van der Waals surface area (Å²) in [5.74, 6) is -2.14. The fourth-order valence-electron chi connectivity index (χ4n) is 3.03. The zero-order valence-corrected chi connectivity index (χ0v) is 18.4. The maximum atomic E-state index is 10.7. The summed E-state index contributed by atoms with van der Waals surface area (Å²) in [7, 11) is 0. The second kappa shape index (κ2) is 17.1. The van der Waals surface area contributed by atoms with Crippen LogP contribution in [0.25, 0.3) is 0 Å². The largest absolute Gasteiger partial charge is 0.481 e. The van der Waals surface area contributed by atoms with Gasteiger partial charge in [-0.3, -0.25) is 9.59 Å². The van der Waals surface area contributed by atoms with Crippen molar-refractivity contribution in [1.82, 2.24) is 16.0 Å². The lowest BCUT2D eigenvalue weighted by Gasteiger charge is -2.47. The molecule has 7 atom stereocenters. The Hall–Kier alpha value is -0.510. The minimum absolute atomic E-state index is 0. The second-order valence-corrected chi connectivity index (χ2v) is 6.49. The summed E-state index contributed by atoms with van der Waals surface area (Å²) in [6.45, 7) is -0.764. The molecule has 15 heteroatoms. The highest BCUT2D eigenvalue weighted by molar-refractivity contribution is 5.86. The molecule has 0 aromatic carbocycles. The minimum atomic E-state index is -1.34. The first kappa shape index (κ1) is 34.1. The standard InChI is InChI=1S/C15H29N3O9.3ClH/c19-6-7(20)5-18-12-14(26)10(16-3-1-8(21)22)13(25)11(15(12)27)17-4-2-9(23)24;;;/h7,10-20,25-27H,1-6H2,(H,21,22)(H,23,24);3*1H/t7?,10-,11+,12-,13+,14-,15+;;;. The number of nitrogens with one attached hydrogen (secondary N) is 3. The van der Waals surface area contributed by atoms with Gasteiger partial charge >= 0.3 is 11.9 Å². The number of hydrogen-bond acceptors (Lipinski definition) is 10. The first-order valence-electron chi connectivity index (χ1n) is 8.65. The summed E-state index contributed by atoms with van der Waals surface area (Å²) in [5, 5.41) is 75.5. The highest BCUT2D eigenvalue weighted by Gasteiger charge is 2.48. The van der Waals surface area contributed by atoms with E-state index in [-0.39, 0.29) is 69.7 Å². The van der Waals surface area contributed by atoms with E-state index < -0.39 is 61.1 Å². The number of carboxylic acid groups (broad SMARTS) is 2. The Morgan fingerprint density at radius 3 is 1.37 bits per heavy atom. The van der Waals surface area contributed by atoms with Crippen molar-refractivity contribution in [3.63, 3.8) is 0 Å². The maximum absolute atomic E-state index is 10.7. The molecule has 0 bridgehead atoms. The molecule has 1 fully saturated rings. The van der Waals surface area contributed by atoms with E-state index >= 15 is 0 Å². The van der Waals surface area contributed by atoms with E-state index in [4.69, 9.17) is 15.3 Å². The Morgan fingerprint density at radius 1 is 0.733 bits per heavy atom. The van der Waals surface area contributed by atoms with Crippen LogP contribution in [0.5, 0.6) is 0 Å². The molecule has 1 unspecified atom stereocenters. The lowest BCUT2D eigenvalue weighted by atomic mass is 9.79. The second-order valence-electron chi connectivity index (χ2n) is 6.49. The zero-order valence-electron chi connectivity index (χ0n) is 16.0. The monoisotopic (exact) mass is 503 g/mol.